The molecule has 1 aromatic rings. The highest BCUT2D eigenvalue weighted by Gasteiger charge is 2.22. The number of rotatable bonds is 3. The highest BCUT2D eigenvalue weighted by atomic mass is 16.6. The number of nitrogens with one attached hydrogen (secondary N) is 1. The third-order valence-electron chi connectivity index (χ3n) is 3.07. The van der Waals surface area contributed by atoms with Crippen molar-refractivity contribution in [2.75, 3.05) is 32.2 Å². The molecule has 1 aliphatic heterocycles. The Morgan fingerprint density at radius 1 is 1.28 bits per heavy atom. The summed E-state index contributed by atoms with van der Waals surface area (Å²) in [5.41, 5.74) is 2.17. The van der Waals surface area contributed by atoms with Crippen LogP contribution in [0.4, 0.5) is 5.82 Å². The van der Waals surface area contributed by atoms with Gasteiger partial charge in [-0.1, -0.05) is 13.8 Å². The van der Waals surface area contributed by atoms with Gasteiger partial charge in [0.2, 0.25) is 0 Å². The van der Waals surface area contributed by atoms with Gasteiger partial charge in [-0.15, -0.1) is 0 Å². The lowest BCUT2D eigenvalue weighted by atomic mass is 10.0. The lowest BCUT2D eigenvalue weighted by Gasteiger charge is -2.23. The number of nitrogens with zero attached hydrogens (tertiary/aromatic N) is 2. The van der Waals surface area contributed by atoms with Gasteiger partial charge in [0.05, 0.1) is 19.8 Å². The summed E-state index contributed by atoms with van der Waals surface area (Å²) in [6, 6.07) is 0. The number of aromatic nitrogens is 2. The first-order chi connectivity index (χ1) is 8.63. The van der Waals surface area contributed by atoms with Crippen LogP contribution >= 0.6 is 0 Å². The van der Waals surface area contributed by atoms with Crippen molar-refractivity contribution in [2.24, 2.45) is 0 Å². The van der Waals surface area contributed by atoms with Gasteiger partial charge >= 0.3 is 0 Å². The van der Waals surface area contributed by atoms with Crippen molar-refractivity contribution in [3.8, 4) is 0 Å². The number of anilines is 1. The van der Waals surface area contributed by atoms with E-state index in [4.69, 9.17) is 9.47 Å². The molecule has 0 bridgehead atoms. The van der Waals surface area contributed by atoms with Crippen molar-refractivity contribution < 1.29 is 9.47 Å². The first-order valence-electron chi connectivity index (χ1n) is 6.39. The van der Waals surface area contributed by atoms with Crippen LogP contribution in [0.5, 0.6) is 0 Å². The normalized spacial score (nSPS) is 20.2. The topological polar surface area (TPSA) is 56.3 Å². The van der Waals surface area contributed by atoms with E-state index in [0.29, 0.717) is 31.6 Å². The maximum Gasteiger partial charge on any atom is 0.162 e. The molecular weight excluding hydrogens is 230 g/mol. The molecule has 5 heteroatoms. The average molecular weight is 251 g/mol. The number of ether oxygens (including phenoxy) is 2. The number of aryl methyl sites for hydroxylation is 1. The minimum absolute atomic E-state index is 0.147. The standard InChI is InChI=1S/C13H21N3O2/c1-8(2)11-9(3)15-12(16-13(11)14-4)10-7-17-5-6-18-10/h8,10H,5-7H2,1-4H3,(H,14,15,16). The fraction of sp³-hybridized carbons (Fsp3) is 0.692. The van der Waals surface area contributed by atoms with Gasteiger partial charge in [0, 0.05) is 18.3 Å². The van der Waals surface area contributed by atoms with Gasteiger partial charge in [-0.2, -0.15) is 0 Å². The molecule has 1 unspecified atom stereocenters. The Hall–Kier alpha value is -1.20. The molecule has 0 spiro atoms. The minimum atomic E-state index is -0.147. The summed E-state index contributed by atoms with van der Waals surface area (Å²) < 4.78 is 11.0. The van der Waals surface area contributed by atoms with E-state index in [1.54, 1.807) is 0 Å². The summed E-state index contributed by atoms with van der Waals surface area (Å²) in [7, 11) is 1.88. The molecule has 100 valence electrons. The van der Waals surface area contributed by atoms with E-state index in [-0.39, 0.29) is 6.10 Å². The molecule has 1 fully saturated rings. The highest BCUT2D eigenvalue weighted by Crippen LogP contribution is 2.27. The second-order valence-electron chi connectivity index (χ2n) is 4.77. The van der Waals surface area contributed by atoms with Crippen LogP contribution in [-0.2, 0) is 9.47 Å². The molecule has 1 aromatic heterocycles. The molecular formula is C13H21N3O2. The number of hydrogen-bond donors (Lipinski definition) is 1. The summed E-state index contributed by atoms with van der Waals surface area (Å²) in [6.07, 6.45) is -0.147. The molecule has 0 radical (unpaired) electrons. The molecule has 2 rings (SSSR count). The zero-order valence-electron chi connectivity index (χ0n) is 11.5. The van der Waals surface area contributed by atoms with Crippen molar-refractivity contribution in [2.45, 2.75) is 32.8 Å². The van der Waals surface area contributed by atoms with Crippen molar-refractivity contribution >= 4 is 5.82 Å². The predicted molar refractivity (Wildman–Crippen MR) is 69.9 cm³/mol. The van der Waals surface area contributed by atoms with E-state index in [2.05, 4.69) is 29.1 Å². The van der Waals surface area contributed by atoms with E-state index < -0.39 is 0 Å². The molecule has 1 aliphatic rings. The second-order valence-corrected chi connectivity index (χ2v) is 4.77. The fourth-order valence-electron chi connectivity index (χ4n) is 2.27. The molecule has 0 aromatic carbocycles. The van der Waals surface area contributed by atoms with E-state index in [1.807, 2.05) is 14.0 Å². The van der Waals surface area contributed by atoms with Crippen LogP contribution in [0.1, 0.15) is 43.0 Å². The monoisotopic (exact) mass is 251 g/mol. The van der Waals surface area contributed by atoms with E-state index in [1.165, 1.54) is 0 Å². The smallest absolute Gasteiger partial charge is 0.162 e. The van der Waals surface area contributed by atoms with Gasteiger partial charge in [0.25, 0.3) is 0 Å². The van der Waals surface area contributed by atoms with Gasteiger partial charge in [0.1, 0.15) is 11.9 Å². The van der Waals surface area contributed by atoms with Crippen molar-refractivity contribution in [3.05, 3.63) is 17.1 Å². The van der Waals surface area contributed by atoms with Crippen LogP contribution in [0.25, 0.3) is 0 Å². The van der Waals surface area contributed by atoms with Crippen molar-refractivity contribution in [3.63, 3.8) is 0 Å². The first-order valence-corrected chi connectivity index (χ1v) is 6.39. The van der Waals surface area contributed by atoms with Crippen LogP contribution in [0.2, 0.25) is 0 Å². The van der Waals surface area contributed by atoms with Crippen LogP contribution in [0.3, 0.4) is 0 Å². The summed E-state index contributed by atoms with van der Waals surface area (Å²) in [5.74, 6) is 1.99. The molecule has 1 saturated heterocycles. The molecule has 0 saturated carbocycles. The molecule has 0 amide bonds. The third-order valence-corrected chi connectivity index (χ3v) is 3.07. The SMILES string of the molecule is CNc1nc(C2COCCO2)nc(C)c1C(C)C. The Morgan fingerprint density at radius 2 is 2.06 bits per heavy atom. The van der Waals surface area contributed by atoms with E-state index >= 15 is 0 Å². The Kier molecular flexibility index (Phi) is 4.14. The molecule has 2 heterocycles. The predicted octanol–water partition coefficient (Wildman–Crippen LogP) is 2.04. The molecule has 0 aliphatic carbocycles. The average Bonchev–Trinajstić information content (AvgIpc) is 2.38. The Balaban J connectivity index is 2.35. The minimum Gasteiger partial charge on any atom is -0.376 e. The Labute approximate surface area is 108 Å². The molecule has 5 nitrogen and oxygen atoms in total. The second kappa shape index (κ2) is 5.63. The maximum atomic E-state index is 5.64. The molecule has 1 atom stereocenters. The first kappa shape index (κ1) is 13.2. The lowest BCUT2D eigenvalue weighted by molar-refractivity contribution is -0.0935. The van der Waals surface area contributed by atoms with Crippen LogP contribution in [-0.4, -0.2) is 36.8 Å². The van der Waals surface area contributed by atoms with Gasteiger partial charge in [0.15, 0.2) is 5.82 Å². The van der Waals surface area contributed by atoms with Gasteiger partial charge in [-0.25, -0.2) is 9.97 Å². The lowest BCUT2D eigenvalue weighted by Crippen LogP contribution is -2.24. The maximum absolute atomic E-state index is 5.64. The fourth-order valence-corrected chi connectivity index (χ4v) is 2.27. The van der Waals surface area contributed by atoms with Crippen LogP contribution < -0.4 is 5.32 Å². The molecule has 1 N–H and O–H groups in total. The highest BCUT2D eigenvalue weighted by molar-refractivity contribution is 5.48. The zero-order chi connectivity index (χ0) is 13.1. The van der Waals surface area contributed by atoms with E-state index in [9.17, 15) is 0 Å². The zero-order valence-corrected chi connectivity index (χ0v) is 11.5. The number of hydrogen-bond acceptors (Lipinski definition) is 5. The molecule has 18 heavy (non-hydrogen) atoms. The van der Waals surface area contributed by atoms with E-state index in [0.717, 1.165) is 17.1 Å². The van der Waals surface area contributed by atoms with Gasteiger partial charge in [-0.05, 0) is 12.8 Å². The summed E-state index contributed by atoms with van der Waals surface area (Å²) in [4.78, 5) is 9.14. The van der Waals surface area contributed by atoms with Crippen molar-refractivity contribution in [1.29, 1.82) is 0 Å². The Morgan fingerprint density at radius 3 is 2.61 bits per heavy atom. The van der Waals surface area contributed by atoms with Crippen LogP contribution in [0, 0.1) is 6.92 Å². The van der Waals surface area contributed by atoms with Gasteiger partial charge in [-0.3, -0.25) is 0 Å². The third kappa shape index (κ3) is 2.62. The van der Waals surface area contributed by atoms with Crippen molar-refractivity contribution in [1.82, 2.24) is 9.97 Å². The summed E-state index contributed by atoms with van der Waals surface area (Å²) in [6.45, 7) is 8.10. The largest absolute Gasteiger partial charge is 0.376 e. The summed E-state index contributed by atoms with van der Waals surface area (Å²) >= 11 is 0. The summed E-state index contributed by atoms with van der Waals surface area (Å²) in [5, 5.41) is 3.15. The Bertz CT molecular complexity index is 415. The quantitative estimate of drug-likeness (QED) is 0.891. The van der Waals surface area contributed by atoms with Crippen LogP contribution in [0.15, 0.2) is 0 Å². The van der Waals surface area contributed by atoms with Gasteiger partial charge < -0.3 is 14.8 Å².